The highest BCUT2D eigenvalue weighted by atomic mass is 16.2. The summed E-state index contributed by atoms with van der Waals surface area (Å²) in [7, 11) is 0. The maximum atomic E-state index is 12.1. The Morgan fingerprint density at radius 3 is 2.56 bits per heavy atom. The van der Waals surface area contributed by atoms with Gasteiger partial charge in [0.2, 0.25) is 5.91 Å². The van der Waals surface area contributed by atoms with Crippen molar-refractivity contribution < 1.29 is 14.4 Å². The molecular weight excluding hydrogens is 240 g/mol. The maximum Gasteiger partial charge on any atom is 0.323 e. The van der Waals surface area contributed by atoms with Gasteiger partial charge in [-0.15, -0.1) is 0 Å². The van der Waals surface area contributed by atoms with Gasteiger partial charge in [0.15, 0.2) is 0 Å². The molecule has 0 saturated carbocycles. The summed E-state index contributed by atoms with van der Waals surface area (Å²) in [6, 6.07) is 0. The molecule has 0 aromatic carbocycles. The van der Waals surface area contributed by atoms with Gasteiger partial charge in [0.05, 0.1) is 0 Å². The highest BCUT2D eigenvalue weighted by molar-refractivity contribution is 6.08. The number of carbonyl (C=O) groups excluding carboxylic acids is 3. The van der Waals surface area contributed by atoms with Crippen molar-refractivity contribution in [2.75, 3.05) is 6.54 Å². The summed E-state index contributed by atoms with van der Waals surface area (Å²) < 4.78 is 0. The lowest BCUT2D eigenvalue weighted by Gasteiger charge is -2.39. The Morgan fingerprint density at radius 2 is 2.00 bits per heavy atom. The molecule has 8 nitrogen and oxygen atoms in total. The monoisotopic (exact) mass is 252 g/mol. The van der Waals surface area contributed by atoms with Gasteiger partial charge in [-0.2, -0.15) is 0 Å². The van der Waals surface area contributed by atoms with Crippen LogP contribution < -0.4 is 11.0 Å². The molecule has 96 valence electrons. The fraction of sp³-hybridized carbons (Fsp3) is 0.400. The molecule has 1 aliphatic rings. The van der Waals surface area contributed by atoms with Crippen molar-refractivity contribution in [1.82, 2.24) is 20.2 Å². The van der Waals surface area contributed by atoms with Gasteiger partial charge in [-0.3, -0.25) is 19.7 Å². The van der Waals surface area contributed by atoms with Gasteiger partial charge in [-0.1, -0.05) is 0 Å². The Hall–Kier alpha value is -2.38. The molecule has 1 aromatic rings. The summed E-state index contributed by atoms with van der Waals surface area (Å²) in [5.74, 6) is -1.68. The van der Waals surface area contributed by atoms with E-state index in [1.54, 1.807) is 0 Å². The second-order valence-electron chi connectivity index (χ2n) is 4.48. The first-order chi connectivity index (χ1) is 8.32. The lowest BCUT2D eigenvalue weighted by Crippen LogP contribution is -2.65. The molecule has 8 heteroatoms. The summed E-state index contributed by atoms with van der Waals surface area (Å²) in [5.41, 5.74) is -1.67. The minimum atomic E-state index is -1.15. The molecule has 0 atom stereocenters. The van der Waals surface area contributed by atoms with E-state index in [-0.39, 0.29) is 12.2 Å². The number of H-pyrrole nitrogens is 2. The molecule has 18 heavy (non-hydrogen) atoms. The molecule has 1 fully saturated rings. The number of hydrogen-bond acceptors (Lipinski definition) is 4. The molecule has 0 radical (unpaired) electrons. The molecule has 2 heterocycles. The second-order valence-corrected chi connectivity index (χ2v) is 4.48. The number of rotatable bonds is 1. The van der Waals surface area contributed by atoms with Crippen molar-refractivity contribution in [3.8, 4) is 0 Å². The van der Waals surface area contributed by atoms with Crippen LogP contribution in [0.1, 0.15) is 24.3 Å². The molecule has 2 rings (SSSR count). The highest BCUT2D eigenvalue weighted by Gasteiger charge is 2.44. The van der Waals surface area contributed by atoms with Crippen molar-refractivity contribution in [3.63, 3.8) is 0 Å². The average molecular weight is 252 g/mol. The minimum absolute atomic E-state index is 0.00979. The Morgan fingerprint density at radius 1 is 1.33 bits per heavy atom. The number of carbonyl (C=O) groups is 3. The zero-order valence-electron chi connectivity index (χ0n) is 9.86. The molecule has 0 unspecified atom stereocenters. The summed E-state index contributed by atoms with van der Waals surface area (Å²) >= 11 is 0. The molecule has 0 spiro atoms. The SMILES string of the molecule is CC1(C)C(=O)NC(=O)CN1C(=O)c1c[nH]c(=O)[nH]1. The van der Waals surface area contributed by atoms with Crippen LogP contribution in [-0.2, 0) is 9.59 Å². The number of imide groups is 1. The van der Waals surface area contributed by atoms with Crippen LogP contribution in [0.2, 0.25) is 0 Å². The van der Waals surface area contributed by atoms with Crippen molar-refractivity contribution in [1.29, 1.82) is 0 Å². The van der Waals surface area contributed by atoms with Gasteiger partial charge in [-0.25, -0.2) is 4.79 Å². The van der Waals surface area contributed by atoms with Gasteiger partial charge in [-0.05, 0) is 13.8 Å². The first-order valence-corrected chi connectivity index (χ1v) is 5.26. The normalized spacial score (nSPS) is 18.7. The number of imidazole rings is 1. The van der Waals surface area contributed by atoms with Gasteiger partial charge in [0.25, 0.3) is 11.8 Å². The van der Waals surface area contributed by atoms with Crippen LogP contribution in [0.5, 0.6) is 0 Å². The molecular formula is C10H12N4O4. The van der Waals surface area contributed by atoms with Crippen LogP contribution in [0, 0.1) is 0 Å². The number of amides is 3. The van der Waals surface area contributed by atoms with Crippen LogP contribution in [0.25, 0.3) is 0 Å². The molecule has 3 amide bonds. The van der Waals surface area contributed by atoms with E-state index in [4.69, 9.17) is 0 Å². The molecule has 1 aromatic heterocycles. The molecule has 1 aliphatic heterocycles. The van der Waals surface area contributed by atoms with E-state index < -0.39 is 29.0 Å². The molecule has 3 N–H and O–H groups in total. The summed E-state index contributed by atoms with van der Waals surface area (Å²) in [6.45, 7) is 2.82. The number of aromatic nitrogens is 2. The van der Waals surface area contributed by atoms with E-state index in [1.807, 2.05) is 0 Å². The third-order valence-corrected chi connectivity index (χ3v) is 2.86. The Balaban J connectivity index is 2.36. The van der Waals surface area contributed by atoms with E-state index in [9.17, 15) is 19.2 Å². The summed E-state index contributed by atoms with van der Waals surface area (Å²) in [4.78, 5) is 51.7. The number of piperazine rings is 1. The first-order valence-electron chi connectivity index (χ1n) is 5.26. The predicted molar refractivity (Wildman–Crippen MR) is 59.7 cm³/mol. The third-order valence-electron chi connectivity index (χ3n) is 2.86. The van der Waals surface area contributed by atoms with Crippen molar-refractivity contribution in [3.05, 3.63) is 22.4 Å². The summed E-state index contributed by atoms with van der Waals surface area (Å²) in [6.07, 6.45) is 1.21. The van der Waals surface area contributed by atoms with E-state index in [0.29, 0.717) is 0 Å². The Labute approximate surface area is 101 Å². The zero-order valence-corrected chi connectivity index (χ0v) is 9.86. The Bertz CT molecular complexity index is 583. The average Bonchev–Trinajstić information content (AvgIpc) is 2.70. The predicted octanol–water partition coefficient (Wildman–Crippen LogP) is -1.42. The second kappa shape index (κ2) is 3.83. The molecule has 1 saturated heterocycles. The largest absolute Gasteiger partial charge is 0.323 e. The van der Waals surface area contributed by atoms with E-state index in [0.717, 1.165) is 4.90 Å². The highest BCUT2D eigenvalue weighted by Crippen LogP contribution is 2.19. The lowest BCUT2D eigenvalue weighted by atomic mass is 9.98. The van der Waals surface area contributed by atoms with Crippen molar-refractivity contribution >= 4 is 17.7 Å². The van der Waals surface area contributed by atoms with Crippen molar-refractivity contribution in [2.24, 2.45) is 0 Å². The number of nitrogens with zero attached hydrogens (tertiary/aromatic N) is 1. The fourth-order valence-electron chi connectivity index (χ4n) is 1.70. The standard InChI is InChI=1S/C10H12N4O4/c1-10(2)8(17)13-6(15)4-14(10)7(16)5-3-11-9(18)12-5/h3H,4H2,1-2H3,(H2,11,12,18)(H,13,15,17). The van der Waals surface area contributed by atoms with Crippen LogP contribution in [0.15, 0.2) is 11.0 Å². The van der Waals surface area contributed by atoms with Gasteiger partial charge < -0.3 is 14.9 Å². The molecule has 0 bridgehead atoms. The van der Waals surface area contributed by atoms with Crippen LogP contribution in [0.4, 0.5) is 0 Å². The van der Waals surface area contributed by atoms with Gasteiger partial charge in [0.1, 0.15) is 17.8 Å². The third kappa shape index (κ3) is 1.81. The van der Waals surface area contributed by atoms with Crippen LogP contribution >= 0.6 is 0 Å². The Kier molecular flexibility index (Phi) is 2.57. The summed E-state index contributed by atoms with van der Waals surface area (Å²) in [5, 5.41) is 2.16. The number of hydrogen-bond donors (Lipinski definition) is 3. The molecule has 0 aliphatic carbocycles. The first kappa shape index (κ1) is 12.1. The minimum Gasteiger partial charge on any atom is -0.314 e. The van der Waals surface area contributed by atoms with Gasteiger partial charge >= 0.3 is 5.69 Å². The smallest absolute Gasteiger partial charge is 0.314 e. The van der Waals surface area contributed by atoms with E-state index in [1.165, 1.54) is 20.0 Å². The van der Waals surface area contributed by atoms with E-state index in [2.05, 4.69) is 15.3 Å². The lowest BCUT2D eigenvalue weighted by molar-refractivity contribution is -0.143. The number of aromatic amines is 2. The zero-order chi connectivity index (χ0) is 13.5. The fourth-order valence-corrected chi connectivity index (χ4v) is 1.70. The number of nitrogens with one attached hydrogen (secondary N) is 3. The maximum absolute atomic E-state index is 12.1. The quantitative estimate of drug-likeness (QED) is 0.532. The van der Waals surface area contributed by atoms with Crippen LogP contribution in [-0.4, -0.2) is 44.7 Å². The van der Waals surface area contributed by atoms with Gasteiger partial charge in [0, 0.05) is 6.20 Å². The van der Waals surface area contributed by atoms with Crippen LogP contribution in [0.3, 0.4) is 0 Å². The topological polar surface area (TPSA) is 115 Å². The van der Waals surface area contributed by atoms with E-state index >= 15 is 0 Å². The van der Waals surface area contributed by atoms with Crippen molar-refractivity contribution in [2.45, 2.75) is 19.4 Å².